The molecule has 1 saturated carbocycles. The number of hydrogen-bond acceptors (Lipinski definition) is 7. The number of sulfone groups is 1. The zero-order valence-corrected chi connectivity index (χ0v) is 20.6. The molecule has 0 bridgehead atoms. The van der Waals surface area contributed by atoms with Crippen molar-refractivity contribution in [3.63, 3.8) is 0 Å². The minimum Gasteiger partial charge on any atom is -0.362 e. The van der Waals surface area contributed by atoms with E-state index < -0.39 is 9.84 Å². The first-order chi connectivity index (χ1) is 16.2. The molecule has 8 nitrogen and oxygen atoms in total. The van der Waals surface area contributed by atoms with Gasteiger partial charge in [0.1, 0.15) is 5.82 Å². The zero-order chi connectivity index (χ0) is 24.3. The average Bonchev–Trinajstić information content (AvgIpc) is 2.82. The number of rotatable bonds is 7. The van der Waals surface area contributed by atoms with E-state index in [1.807, 2.05) is 43.3 Å². The zero-order valence-electron chi connectivity index (χ0n) is 19.8. The third-order valence-electron chi connectivity index (χ3n) is 6.28. The fraction of sp³-hybridized carbons (Fsp3) is 0.400. The number of carbonyl (C=O) groups excluding carboxylic acids is 1. The van der Waals surface area contributed by atoms with E-state index in [0.29, 0.717) is 30.0 Å². The van der Waals surface area contributed by atoms with Gasteiger partial charge in [0.2, 0.25) is 5.95 Å². The number of amides is 1. The second-order valence-electron chi connectivity index (χ2n) is 9.15. The summed E-state index contributed by atoms with van der Waals surface area (Å²) in [6.07, 6.45) is 5.12. The van der Waals surface area contributed by atoms with Gasteiger partial charge in [0, 0.05) is 43.9 Å². The van der Waals surface area contributed by atoms with Crippen LogP contribution in [0.2, 0.25) is 0 Å². The van der Waals surface area contributed by atoms with Gasteiger partial charge in [-0.05, 0) is 68.0 Å². The predicted octanol–water partition coefficient (Wildman–Crippen LogP) is 3.50. The number of hydrogen-bond donors (Lipinski definition) is 2. The Morgan fingerprint density at radius 1 is 1.00 bits per heavy atom. The maximum absolute atomic E-state index is 12.5. The van der Waals surface area contributed by atoms with Crippen LogP contribution in [0.15, 0.2) is 53.4 Å². The highest BCUT2D eigenvalue weighted by molar-refractivity contribution is 7.90. The Labute approximate surface area is 200 Å². The first-order valence-corrected chi connectivity index (χ1v) is 13.4. The van der Waals surface area contributed by atoms with E-state index in [2.05, 4.69) is 10.6 Å². The summed E-state index contributed by atoms with van der Waals surface area (Å²) < 4.78 is 23.2. The van der Waals surface area contributed by atoms with Gasteiger partial charge in [0.05, 0.1) is 10.4 Å². The van der Waals surface area contributed by atoms with Crippen molar-refractivity contribution in [1.82, 2.24) is 15.3 Å². The number of benzene rings is 2. The molecule has 0 radical (unpaired) electrons. The number of carbonyl (C=O) groups is 1. The van der Waals surface area contributed by atoms with E-state index in [9.17, 15) is 13.2 Å². The molecule has 2 N–H and O–H groups in total. The van der Waals surface area contributed by atoms with Gasteiger partial charge in [-0.25, -0.2) is 13.4 Å². The average molecular weight is 482 g/mol. The number of aromatic nitrogens is 2. The third-order valence-corrected chi connectivity index (χ3v) is 7.41. The van der Waals surface area contributed by atoms with Crippen molar-refractivity contribution in [2.45, 2.75) is 36.6 Å². The Bertz CT molecular complexity index is 1270. The Kier molecular flexibility index (Phi) is 7.02. The SMILES string of the molecule is CN(C)c1nc(NC2CCC(CNC(=O)c3ccc(S(C)(=O)=O)cc3)CC2)nc2ccccc12. The van der Waals surface area contributed by atoms with E-state index >= 15 is 0 Å². The molecule has 2 aromatic carbocycles. The van der Waals surface area contributed by atoms with Gasteiger partial charge < -0.3 is 15.5 Å². The molecule has 1 amide bonds. The summed E-state index contributed by atoms with van der Waals surface area (Å²) in [5, 5.41) is 7.54. The fourth-order valence-corrected chi connectivity index (χ4v) is 4.98. The van der Waals surface area contributed by atoms with E-state index in [4.69, 9.17) is 9.97 Å². The normalized spacial score (nSPS) is 18.4. The van der Waals surface area contributed by atoms with Crippen LogP contribution < -0.4 is 15.5 Å². The van der Waals surface area contributed by atoms with Crippen molar-refractivity contribution in [2.24, 2.45) is 5.92 Å². The summed E-state index contributed by atoms with van der Waals surface area (Å²) in [5.41, 5.74) is 1.39. The largest absolute Gasteiger partial charge is 0.362 e. The quantitative estimate of drug-likeness (QED) is 0.532. The molecule has 9 heteroatoms. The molecule has 4 rings (SSSR count). The second kappa shape index (κ2) is 9.97. The number of anilines is 2. The lowest BCUT2D eigenvalue weighted by Crippen LogP contribution is -2.34. The number of nitrogens with zero attached hydrogens (tertiary/aromatic N) is 3. The molecule has 1 fully saturated rings. The molecule has 180 valence electrons. The van der Waals surface area contributed by atoms with Crippen LogP contribution in [0.1, 0.15) is 36.0 Å². The lowest BCUT2D eigenvalue weighted by molar-refractivity contribution is 0.0943. The van der Waals surface area contributed by atoms with Crippen molar-refractivity contribution in [1.29, 1.82) is 0 Å². The molecule has 1 aliphatic rings. The van der Waals surface area contributed by atoms with Crippen LogP contribution in [0.4, 0.5) is 11.8 Å². The lowest BCUT2D eigenvalue weighted by atomic mass is 9.86. The van der Waals surface area contributed by atoms with Crippen molar-refractivity contribution >= 4 is 38.4 Å². The molecule has 1 aliphatic carbocycles. The highest BCUT2D eigenvalue weighted by Crippen LogP contribution is 2.28. The summed E-state index contributed by atoms with van der Waals surface area (Å²) in [4.78, 5) is 24.1. The summed E-state index contributed by atoms with van der Waals surface area (Å²) >= 11 is 0. The molecular formula is C25H31N5O3S. The highest BCUT2D eigenvalue weighted by Gasteiger charge is 2.23. The first-order valence-electron chi connectivity index (χ1n) is 11.5. The van der Waals surface area contributed by atoms with Crippen molar-refractivity contribution in [2.75, 3.05) is 37.1 Å². The van der Waals surface area contributed by atoms with E-state index in [1.54, 1.807) is 12.1 Å². The molecule has 0 aliphatic heterocycles. The van der Waals surface area contributed by atoms with Gasteiger partial charge in [-0.3, -0.25) is 4.79 Å². The molecule has 3 aromatic rings. The summed E-state index contributed by atoms with van der Waals surface area (Å²) in [5.74, 6) is 1.78. The van der Waals surface area contributed by atoms with Crippen LogP contribution in [0.3, 0.4) is 0 Å². The first kappa shape index (κ1) is 23.9. The third kappa shape index (κ3) is 5.64. The number of nitrogens with one attached hydrogen (secondary N) is 2. The van der Waals surface area contributed by atoms with Crippen LogP contribution in [-0.2, 0) is 9.84 Å². The summed E-state index contributed by atoms with van der Waals surface area (Å²) in [6.45, 7) is 0.608. The molecule has 0 atom stereocenters. The molecular weight excluding hydrogens is 450 g/mol. The lowest BCUT2D eigenvalue weighted by Gasteiger charge is -2.29. The van der Waals surface area contributed by atoms with Gasteiger partial charge >= 0.3 is 0 Å². The van der Waals surface area contributed by atoms with Crippen molar-refractivity contribution in [3.8, 4) is 0 Å². The minimum absolute atomic E-state index is 0.180. The van der Waals surface area contributed by atoms with Gasteiger partial charge in [-0.2, -0.15) is 4.98 Å². The van der Waals surface area contributed by atoms with Gasteiger partial charge in [-0.15, -0.1) is 0 Å². The van der Waals surface area contributed by atoms with Gasteiger partial charge in [0.15, 0.2) is 9.84 Å². The maximum Gasteiger partial charge on any atom is 0.251 e. The van der Waals surface area contributed by atoms with Gasteiger partial charge in [0.25, 0.3) is 5.91 Å². The van der Waals surface area contributed by atoms with E-state index in [-0.39, 0.29) is 10.8 Å². The number of para-hydroxylation sites is 1. The molecule has 34 heavy (non-hydrogen) atoms. The maximum atomic E-state index is 12.5. The monoisotopic (exact) mass is 481 g/mol. The fourth-order valence-electron chi connectivity index (χ4n) is 4.35. The van der Waals surface area contributed by atoms with E-state index in [1.165, 1.54) is 12.1 Å². The van der Waals surface area contributed by atoms with Crippen LogP contribution in [-0.4, -0.2) is 57.2 Å². The smallest absolute Gasteiger partial charge is 0.251 e. The van der Waals surface area contributed by atoms with Crippen molar-refractivity contribution in [3.05, 3.63) is 54.1 Å². The Hall–Kier alpha value is -3.20. The number of fused-ring (bicyclic) bond motifs is 1. The van der Waals surface area contributed by atoms with Crippen LogP contribution >= 0.6 is 0 Å². The molecule has 0 unspecified atom stereocenters. The Morgan fingerprint density at radius 2 is 1.68 bits per heavy atom. The molecule has 1 aromatic heterocycles. The topological polar surface area (TPSA) is 104 Å². The minimum atomic E-state index is -3.27. The molecule has 0 spiro atoms. The van der Waals surface area contributed by atoms with Crippen molar-refractivity contribution < 1.29 is 13.2 Å². The Balaban J connectivity index is 1.30. The second-order valence-corrected chi connectivity index (χ2v) is 11.2. The summed E-state index contributed by atoms with van der Waals surface area (Å²) in [6, 6.07) is 14.4. The van der Waals surface area contributed by atoms with E-state index in [0.717, 1.165) is 48.7 Å². The van der Waals surface area contributed by atoms with Crippen LogP contribution in [0, 0.1) is 5.92 Å². The van der Waals surface area contributed by atoms with Crippen LogP contribution in [0.25, 0.3) is 10.9 Å². The molecule has 1 heterocycles. The highest BCUT2D eigenvalue weighted by atomic mass is 32.2. The standard InChI is InChI=1S/C25H31N5O3S/c1-30(2)23-21-6-4-5-7-22(21)28-25(29-23)27-19-12-8-17(9-13-19)16-26-24(31)18-10-14-20(15-11-18)34(3,32)33/h4-7,10-11,14-15,17,19H,8-9,12-13,16H2,1-3H3,(H,26,31)(H,27,28,29). The van der Waals surface area contributed by atoms with Crippen LogP contribution in [0.5, 0.6) is 0 Å². The molecule has 0 saturated heterocycles. The van der Waals surface area contributed by atoms with Gasteiger partial charge in [-0.1, -0.05) is 12.1 Å². The summed E-state index contributed by atoms with van der Waals surface area (Å²) in [7, 11) is 0.699. The predicted molar refractivity (Wildman–Crippen MR) is 135 cm³/mol. The Morgan fingerprint density at radius 3 is 2.32 bits per heavy atom.